The second-order valence-corrected chi connectivity index (χ2v) is 13.7. The predicted octanol–water partition coefficient (Wildman–Crippen LogP) is 5.86. The largest absolute Gasteiger partial charge is 0.358 e. The Hall–Kier alpha value is -1.23. The lowest BCUT2D eigenvalue weighted by Crippen LogP contribution is -2.44. The highest BCUT2D eigenvalue weighted by Gasteiger charge is 2.42. The molecule has 1 aliphatic rings. The highest BCUT2D eigenvalue weighted by Crippen LogP contribution is 2.41. The van der Waals surface area contributed by atoms with E-state index in [1.165, 1.54) is 5.54 Å². The van der Waals surface area contributed by atoms with Crippen LogP contribution in [0.2, 0.25) is 16.6 Å². The first-order valence-corrected chi connectivity index (χ1v) is 12.1. The molecular weight excluding hydrogens is 372 g/mol. The van der Waals surface area contributed by atoms with E-state index in [0.29, 0.717) is 16.6 Å². The van der Waals surface area contributed by atoms with Crippen molar-refractivity contribution in [1.29, 1.82) is 0 Å². The number of methoxy groups -OCH3 is 2. The van der Waals surface area contributed by atoms with Gasteiger partial charge < -0.3 is 9.47 Å². The molecule has 0 amide bonds. The number of rotatable bonds is 5. The van der Waals surface area contributed by atoms with Gasteiger partial charge in [0.1, 0.15) is 8.07 Å². The Morgan fingerprint density at radius 1 is 0.815 bits per heavy atom. The Kier molecular flexibility index (Phi) is 8.65. The highest BCUT2D eigenvalue weighted by atomic mass is 35.5. The summed E-state index contributed by atoms with van der Waals surface area (Å²) in [6, 6.07) is 0. The summed E-state index contributed by atoms with van der Waals surface area (Å²) in [5.41, 5.74) is 5.30. The van der Waals surface area contributed by atoms with Crippen molar-refractivity contribution in [3.63, 3.8) is 0 Å². The number of ether oxygens (including phenoxy) is 2. The number of hydrogen-bond donors (Lipinski definition) is 0. The molecule has 0 aliphatic heterocycles. The van der Waals surface area contributed by atoms with Crippen LogP contribution in [0.25, 0.3) is 0 Å². The average Bonchev–Trinajstić information content (AvgIpc) is 2.63. The predicted molar refractivity (Wildman–Crippen MR) is 119 cm³/mol. The Labute approximate surface area is 172 Å². The van der Waals surface area contributed by atoms with Crippen LogP contribution in [-0.2, 0) is 9.47 Å². The molecule has 1 rings (SSSR count). The summed E-state index contributed by atoms with van der Waals surface area (Å²) in [4.78, 5) is 0. The van der Waals surface area contributed by atoms with Crippen LogP contribution < -0.4 is 0 Å². The first-order chi connectivity index (χ1) is 12.6. The Morgan fingerprint density at radius 2 is 1.22 bits per heavy atom. The van der Waals surface area contributed by atoms with E-state index in [0.717, 1.165) is 0 Å². The van der Waals surface area contributed by atoms with E-state index < -0.39 is 19.3 Å². The molecule has 0 spiro atoms. The molecule has 0 aromatic rings. The van der Waals surface area contributed by atoms with E-state index in [1.807, 2.05) is 24.3 Å². The van der Waals surface area contributed by atoms with Crippen molar-refractivity contribution >= 4 is 19.7 Å². The first-order valence-electron chi connectivity index (χ1n) is 9.47. The maximum absolute atomic E-state index is 5.81. The van der Waals surface area contributed by atoms with Gasteiger partial charge in [0.25, 0.3) is 0 Å². The Balaban J connectivity index is 3.36. The van der Waals surface area contributed by atoms with Crippen molar-refractivity contribution < 1.29 is 9.47 Å². The van der Waals surface area contributed by atoms with Crippen molar-refractivity contribution in [2.75, 3.05) is 14.2 Å². The van der Waals surface area contributed by atoms with Crippen LogP contribution >= 0.6 is 11.6 Å². The van der Waals surface area contributed by atoms with Crippen LogP contribution in [0.15, 0.2) is 35.9 Å². The lowest BCUT2D eigenvalue weighted by Gasteiger charge is -2.38. The Bertz CT molecular complexity index is 672. The third kappa shape index (κ3) is 5.18. The molecule has 0 saturated heterocycles. The summed E-state index contributed by atoms with van der Waals surface area (Å²) in [5, 5.41) is 0. The van der Waals surface area contributed by atoms with Gasteiger partial charge in [0.15, 0.2) is 11.2 Å². The third-order valence-electron chi connectivity index (χ3n) is 5.59. The van der Waals surface area contributed by atoms with Gasteiger partial charge >= 0.3 is 0 Å². The van der Waals surface area contributed by atoms with E-state index >= 15 is 0 Å². The normalized spacial score (nSPS) is 25.0. The molecule has 0 aromatic heterocycles. The number of halogens is 1. The van der Waals surface area contributed by atoms with E-state index in [-0.39, 0.29) is 0 Å². The maximum atomic E-state index is 5.81. The van der Waals surface area contributed by atoms with Gasteiger partial charge in [-0.2, -0.15) is 0 Å². The summed E-state index contributed by atoms with van der Waals surface area (Å²) in [7, 11) is 1.48. The number of hydrogen-bond acceptors (Lipinski definition) is 2. The van der Waals surface area contributed by atoms with E-state index in [9.17, 15) is 0 Å². The minimum atomic E-state index is -1.84. The molecule has 0 bridgehead atoms. The van der Waals surface area contributed by atoms with Gasteiger partial charge in [0.05, 0.1) is 0 Å². The highest BCUT2D eigenvalue weighted by molar-refractivity contribution is 6.90. The van der Waals surface area contributed by atoms with Gasteiger partial charge in [-0.05, 0) is 47.0 Å². The molecule has 1 aliphatic carbocycles. The van der Waals surface area contributed by atoms with Crippen LogP contribution in [0.4, 0.5) is 0 Å². The van der Waals surface area contributed by atoms with Gasteiger partial charge in [0.2, 0.25) is 0 Å². The quantitative estimate of drug-likeness (QED) is 0.324. The number of allylic oxidation sites excluding steroid dienone is 1. The zero-order valence-electron chi connectivity index (χ0n) is 17.9. The minimum absolute atomic E-state index is 0.571. The smallest absolute Gasteiger partial charge is 0.166 e. The van der Waals surface area contributed by atoms with Crippen molar-refractivity contribution in [3.8, 4) is 23.3 Å². The molecule has 148 valence electrons. The zero-order chi connectivity index (χ0) is 20.7. The molecule has 0 heterocycles. The summed E-state index contributed by atoms with van der Waals surface area (Å²) >= 11 is 5.54. The van der Waals surface area contributed by atoms with E-state index in [4.69, 9.17) is 21.1 Å². The SMILES string of the molecule is COC1(C#C/C=C\Cl)C=CC(C#C[Si](C(C)C)(C(C)C)C(C)C)(OC)C=C1. The standard InChI is InChI=1S/C23H33ClO2Si/c1-19(2)27(20(3)4,21(5)6)18-16-23(26-8)14-12-22(25-7,13-15-23)11-9-10-17-24/h10,12-15,17,19-21H,1-8H3/b17-10-. The summed E-state index contributed by atoms with van der Waals surface area (Å²) in [5.74, 6) is 9.42. The molecular formula is C23H33ClO2Si. The van der Waals surface area contributed by atoms with Gasteiger partial charge in [-0.15, -0.1) is 5.54 Å². The van der Waals surface area contributed by atoms with Gasteiger partial charge in [-0.1, -0.05) is 70.9 Å². The van der Waals surface area contributed by atoms with Crippen LogP contribution in [0, 0.1) is 23.3 Å². The fourth-order valence-corrected chi connectivity index (χ4v) is 9.31. The molecule has 4 heteroatoms. The molecule has 0 radical (unpaired) electrons. The van der Waals surface area contributed by atoms with Crippen molar-refractivity contribution in [1.82, 2.24) is 0 Å². The minimum Gasteiger partial charge on any atom is -0.358 e. The summed E-state index contributed by atoms with van der Waals surface area (Å²) in [6.45, 7) is 13.9. The molecule has 2 nitrogen and oxygen atoms in total. The zero-order valence-corrected chi connectivity index (χ0v) is 19.6. The molecule has 0 aromatic carbocycles. The van der Waals surface area contributed by atoms with Crippen molar-refractivity contribution in [3.05, 3.63) is 35.9 Å². The molecule has 0 N–H and O–H groups in total. The van der Waals surface area contributed by atoms with Gasteiger partial charge in [0, 0.05) is 19.8 Å². The van der Waals surface area contributed by atoms with Gasteiger partial charge in [-0.3, -0.25) is 0 Å². The monoisotopic (exact) mass is 404 g/mol. The lowest BCUT2D eigenvalue weighted by atomic mass is 9.90. The second kappa shape index (κ2) is 9.81. The van der Waals surface area contributed by atoms with Gasteiger partial charge in [-0.25, -0.2) is 0 Å². The lowest BCUT2D eigenvalue weighted by molar-refractivity contribution is 0.0954. The average molecular weight is 405 g/mol. The fraction of sp³-hybridized carbons (Fsp3) is 0.565. The first kappa shape index (κ1) is 23.8. The third-order valence-corrected chi connectivity index (χ3v) is 12.0. The van der Waals surface area contributed by atoms with Crippen LogP contribution in [-0.4, -0.2) is 33.5 Å². The molecule has 27 heavy (non-hydrogen) atoms. The van der Waals surface area contributed by atoms with Crippen LogP contribution in [0.1, 0.15) is 41.5 Å². The second-order valence-electron chi connectivity index (χ2n) is 7.87. The summed E-state index contributed by atoms with van der Waals surface area (Å²) in [6.07, 6.45) is 9.29. The molecule has 0 saturated carbocycles. The van der Waals surface area contributed by atoms with E-state index in [2.05, 4.69) is 64.8 Å². The van der Waals surface area contributed by atoms with Crippen molar-refractivity contribution in [2.45, 2.75) is 69.4 Å². The van der Waals surface area contributed by atoms with Crippen LogP contribution in [0.3, 0.4) is 0 Å². The topological polar surface area (TPSA) is 18.5 Å². The van der Waals surface area contributed by atoms with Crippen LogP contribution in [0.5, 0.6) is 0 Å². The molecule has 0 atom stereocenters. The fourth-order valence-electron chi connectivity index (χ4n) is 3.97. The van der Waals surface area contributed by atoms with E-state index in [1.54, 1.807) is 20.3 Å². The molecule has 0 fully saturated rings. The van der Waals surface area contributed by atoms with Crippen molar-refractivity contribution in [2.24, 2.45) is 0 Å². The Morgan fingerprint density at radius 3 is 1.56 bits per heavy atom. The summed E-state index contributed by atoms with van der Waals surface area (Å²) < 4.78 is 11.4. The maximum Gasteiger partial charge on any atom is 0.166 e. The molecule has 0 unspecified atom stereocenters.